The Bertz CT molecular complexity index is 892. The maximum absolute atomic E-state index is 13.1. The van der Waals surface area contributed by atoms with Gasteiger partial charge in [-0.1, -0.05) is 36.4 Å². The smallest absolute Gasteiger partial charge is 0.255 e. The molecule has 1 amide bonds. The van der Waals surface area contributed by atoms with Crippen LogP contribution in [0.4, 0.5) is 5.69 Å². The number of thiocarbonyl (C=S) groups is 1. The highest BCUT2D eigenvalue weighted by atomic mass is 32.1. The second kappa shape index (κ2) is 7.58. The van der Waals surface area contributed by atoms with E-state index in [0.29, 0.717) is 16.4 Å². The van der Waals surface area contributed by atoms with Gasteiger partial charge in [0.25, 0.3) is 5.91 Å². The predicted molar refractivity (Wildman–Crippen MR) is 107 cm³/mol. The minimum absolute atomic E-state index is 0.185. The normalized spacial score (nSPS) is 16.6. The van der Waals surface area contributed by atoms with Crippen LogP contribution >= 0.6 is 12.2 Å². The van der Waals surface area contributed by atoms with Crippen LogP contribution in [0, 0.1) is 6.92 Å². The summed E-state index contributed by atoms with van der Waals surface area (Å²) in [5.41, 5.74) is 3.93. The molecule has 0 fully saturated rings. The monoisotopic (exact) mass is 367 g/mol. The molecule has 134 valence electrons. The van der Waals surface area contributed by atoms with E-state index < -0.39 is 6.04 Å². The van der Waals surface area contributed by atoms with E-state index in [0.717, 1.165) is 22.5 Å². The van der Waals surface area contributed by atoms with Crippen LogP contribution in [0.25, 0.3) is 0 Å². The maximum Gasteiger partial charge on any atom is 0.255 e. The summed E-state index contributed by atoms with van der Waals surface area (Å²) in [6.45, 7) is 3.81. The van der Waals surface area contributed by atoms with Crippen molar-refractivity contribution in [3.8, 4) is 5.75 Å². The second-order valence-corrected chi connectivity index (χ2v) is 6.49. The van der Waals surface area contributed by atoms with E-state index in [1.807, 2.05) is 62.4 Å². The molecule has 0 radical (unpaired) electrons. The van der Waals surface area contributed by atoms with Gasteiger partial charge in [0.1, 0.15) is 5.75 Å². The summed E-state index contributed by atoms with van der Waals surface area (Å²) in [7, 11) is 1.61. The first kappa shape index (κ1) is 17.9. The number of nitrogens with one attached hydrogen (secondary N) is 3. The van der Waals surface area contributed by atoms with Gasteiger partial charge in [0.15, 0.2) is 5.11 Å². The highest BCUT2D eigenvalue weighted by Gasteiger charge is 2.31. The second-order valence-electron chi connectivity index (χ2n) is 6.08. The van der Waals surface area contributed by atoms with Gasteiger partial charge >= 0.3 is 0 Å². The summed E-state index contributed by atoms with van der Waals surface area (Å²) in [6, 6.07) is 14.9. The average molecular weight is 367 g/mol. The van der Waals surface area contributed by atoms with Crippen molar-refractivity contribution in [2.45, 2.75) is 19.9 Å². The molecule has 3 rings (SSSR count). The third-order valence-electron chi connectivity index (χ3n) is 4.36. The van der Waals surface area contributed by atoms with E-state index in [9.17, 15) is 4.79 Å². The van der Waals surface area contributed by atoms with Crippen LogP contribution < -0.4 is 20.7 Å². The number of amides is 1. The molecule has 2 aromatic carbocycles. The molecule has 5 nitrogen and oxygen atoms in total. The lowest BCUT2D eigenvalue weighted by molar-refractivity contribution is -0.113. The molecule has 0 bridgehead atoms. The number of allylic oxidation sites excluding steroid dienone is 1. The van der Waals surface area contributed by atoms with E-state index in [1.165, 1.54) is 0 Å². The minimum atomic E-state index is -0.399. The molecule has 2 aromatic rings. The van der Waals surface area contributed by atoms with E-state index in [-0.39, 0.29) is 5.91 Å². The van der Waals surface area contributed by atoms with E-state index in [1.54, 1.807) is 7.11 Å². The Morgan fingerprint density at radius 3 is 2.54 bits per heavy atom. The first-order chi connectivity index (χ1) is 12.5. The number of hydrogen-bond acceptors (Lipinski definition) is 3. The molecule has 1 aliphatic rings. The molecule has 6 heteroatoms. The summed E-state index contributed by atoms with van der Waals surface area (Å²) in [5.74, 6) is 0.513. The molecule has 1 unspecified atom stereocenters. The molecule has 26 heavy (non-hydrogen) atoms. The van der Waals surface area contributed by atoms with Crippen molar-refractivity contribution in [1.82, 2.24) is 10.6 Å². The van der Waals surface area contributed by atoms with Gasteiger partial charge < -0.3 is 20.7 Å². The predicted octanol–water partition coefficient (Wildman–Crippen LogP) is 3.44. The van der Waals surface area contributed by atoms with Crippen molar-refractivity contribution in [3.05, 3.63) is 70.9 Å². The van der Waals surface area contributed by atoms with Crippen LogP contribution in [0.1, 0.15) is 24.1 Å². The molecule has 1 atom stereocenters. The first-order valence-corrected chi connectivity index (χ1v) is 8.70. The van der Waals surface area contributed by atoms with Crippen molar-refractivity contribution < 1.29 is 9.53 Å². The third kappa shape index (κ3) is 3.55. The Morgan fingerprint density at radius 1 is 1.12 bits per heavy atom. The van der Waals surface area contributed by atoms with Gasteiger partial charge in [-0.05, 0) is 43.8 Å². The van der Waals surface area contributed by atoms with Crippen molar-refractivity contribution in [1.29, 1.82) is 0 Å². The minimum Gasteiger partial charge on any atom is -0.496 e. The molecule has 0 saturated carbocycles. The van der Waals surface area contributed by atoms with Gasteiger partial charge in [0, 0.05) is 16.9 Å². The Kier molecular flexibility index (Phi) is 5.23. The van der Waals surface area contributed by atoms with Crippen LogP contribution in [-0.4, -0.2) is 18.1 Å². The fraction of sp³-hybridized carbons (Fsp3) is 0.200. The summed E-state index contributed by atoms with van der Waals surface area (Å²) < 4.78 is 5.48. The van der Waals surface area contributed by atoms with Crippen molar-refractivity contribution >= 4 is 28.9 Å². The van der Waals surface area contributed by atoms with Gasteiger partial charge in [0.05, 0.1) is 18.7 Å². The number of aryl methyl sites for hydroxylation is 1. The Morgan fingerprint density at radius 2 is 1.81 bits per heavy atom. The van der Waals surface area contributed by atoms with Gasteiger partial charge in [-0.15, -0.1) is 0 Å². The fourth-order valence-corrected chi connectivity index (χ4v) is 3.31. The topological polar surface area (TPSA) is 62.4 Å². The van der Waals surface area contributed by atoms with E-state index >= 15 is 0 Å². The van der Waals surface area contributed by atoms with Crippen LogP contribution in [-0.2, 0) is 4.79 Å². The highest BCUT2D eigenvalue weighted by Crippen LogP contribution is 2.33. The standard InChI is InChI=1S/C20H21N3O2S/c1-12-8-4-6-10-15(12)22-19(24)17-13(2)21-20(26)23-18(17)14-9-5-7-11-16(14)25-3/h4-11,18H,1-3H3,(H,22,24)(H2,21,23,26). The van der Waals surface area contributed by atoms with Gasteiger partial charge in [-0.25, -0.2) is 0 Å². The van der Waals surface area contributed by atoms with E-state index in [4.69, 9.17) is 17.0 Å². The summed E-state index contributed by atoms with van der Waals surface area (Å²) in [5, 5.41) is 9.72. The summed E-state index contributed by atoms with van der Waals surface area (Å²) in [6.07, 6.45) is 0. The molecule has 3 N–H and O–H groups in total. The summed E-state index contributed by atoms with van der Waals surface area (Å²) >= 11 is 5.30. The Balaban J connectivity index is 2.01. The van der Waals surface area contributed by atoms with Crippen LogP contribution in [0.15, 0.2) is 59.8 Å². The van der Waals surface area contributed by atoms with Crippen molar-refractivity contribution in [2.75, 3.05) is 12.4 Å². The molecule has 0 aromatic heterocycles. The molecule has 0 spiro atoms. The maximum atomic E-state index is 13.1. The Hall–Kier alpha value is -2.86. The number of carbonyl (C=O) groups is 1. The number of carbonyl (C=O) groups excluding carboxylic acids is 1. The number of rotatable bonds is 4. The highest BCUT2D eigenvalue weighted by molar-refractivity contribution is 7.80. The van der Waals surface area contributed by atoms with Crippen molar-refractivity contribution in [3.63, 3.8) is 0 Å². The number of anilines is 1. The largest absolute Gasteiger partial charge is 0.496 e. The number of para-hydroxylation sites is 2. The molecular weight excluding hydrogens is 346 g/mol. The third-order valence-corrected chi connectivity index (χ3v) is 4.58. The zero-order valence-corrected chi connectivity index (χ0v) is 15.7. The lowest BCUT2D eigenvalue weighted by atomic mass is 9.94. The van der Waals surface area contributed by atoms with Gasteiger partial charge in [-0.2, -0.15) is 0 Å². The quantitative estimate of drug-likeness (QED) is 0.723. The zero-order valence-electron chi connectivity index (χ0n) is 14.9. The zero-order chi connectivity index (χ0) is 18.7. The number of hydrogen-bond donors (Lipinski definition) is 3. The summed E-state index contributed by atoms with van der Waals surface area (Å²) in [4.78, 5) is 13.1. The van der Waals surface area contributed by atoms with Crippen LogP contribution in [0.3, 0.4) is 0 Å². The van der Waals surface area contributed by atoms with Crippen molar-refractivity contribution in [2.24, 2.45) is 0 Å². The number of methoxy groups -OCH3 is 1. The van der Waals surface area contributed by atoms with Crippen LogP contribution in [0.5, 0.6) is 5.75 Å². The van der Waals surface area contributed by atoms with Crippen LogP contribution in [0.2, 0.25) is 0 Å². The van der Waals surface area contributed by atoms with E-state index in [2.05, 4.69) is 16.0 Å². The number of ether oxygens (including phenoxy) is 1. The number of benzene rings is 2. The molecule has 1 aliphatic heterocycles. The first-order valence-electron chi connectivity index (χ1n) is 8.29. The molecular formula is C20H21N3O2S. The lowest BCUT2D eigenvalue weighted by Gasteiger charge is -2.31. The SMILES string of the molecule is COc1ccccc1C1NC(=S)NC(C)=C1C(=O)Nc1ccccc1C. The average Bonchev–Trinajstić information content (AvgIpc) is 2.62. The molecule has 0 saturated heterocycles. The fourth-order valence-electron chi connectivity index (χ4n) is 3.04. The van der Waals surface area contributed by atoms with Gasteiger partial charge in [0.2, 0.25) is 0 Å². The lowest BCUT2D eigenvalue weighted by Crippen LogP contribution is -2.45. The van der Waals surface area contributed by atoms with Gasteiger partial charge in [-0.3, -0.25) is 4.79 Å². The molecule has 1 heterocycles. The Labute approximate surface area is 158 Å². The molecule has 0 aliphatic carbocycles.